The van der Waals surface area contributed by atoms with Crippen LogP contribution in [0.1, 0.15) is 19.2 Å². The third-order valence-electron chi connectivity index (χ3n) is 5.58. The van der Waals surface area contributed by atoms with Crippen LogP contribution in [0.5, 0.6) is 0 Å². The summed E-state index contributed by atoms with van der Waals surface area (Å²) in [5, 5.41) is 11.2. The number of aliphatic hydroxyl groups is 1. The molecule has 0 bridgehead atoms. The van der Waals surface area contributed by atoms with E-state index in [1.807, 2.05) is 60.0 Å². The summed E-state index contributed by atoms with van der Waals surface area (Å²) in [4.78, 5) is 14.0. The highest BCUT2D eigenvalue weighted by atomic mass is 16.3. The van der Waals surface area contributed by atoms with Gasteiger partial charge in [0.2, 0.25) is 0 Å². The summed E-state index contributed by atoms with van der Waals surface area (Å²) in [6.07, 6.45) is 4.15. The van der Waals surface area contributed by atoms with Crippen molar-refractivity contribution < 1.29 is 5.11 Å². The van der Waals surface area contributed by atoms with E-state index in [0.29, 0.717) is 18.7 Å². The molecule has 0 aliphatic rings. The highest BCUT2D eigenvalue weighted by Crippen LogP contribution is 2.31. The lowest BCUT2D eigenvalue weighted by Crippen LogP contribution is -2.11. The van der Waals surface area contributed by atoms with Crippen molar-refractivity contribution in [3.8, 4) is 22.5 Å². The number of aromatic nitrogens is 4. The van der Waals surface area contributed by atoms with E-state index in [2.05, 4.69) is 23.2 Å². The normalized spacial score (nSPS) is 12.5. The van der Waals surface area contributed by atoms with Crippen LogP contribution in [0.2, 0.25) is 0 Å². The van der Waals surface area contributed by atoms with Crippen LogP contribution in [0, 0.1) is 0 Å². The van der Waals surface area contributed by atoms with Gasteiger partial charge in [-0.25, -0.2) is 15.0 Å². The molecule has 0 radical (unpaired) electrons. The number of nitrogens with two attached hydrogens (primary N) is 1. The number of rotatable bonds is 5. The second-order valence-electron chi connectivity index (χ2n) is 7.64. The zero-order chi connectivity index (χ0) is 21.4. The van der Waals surface area contributed by atoms with Crippen LogP contribution < -0.4 is 5.73 Å². The Balaban J connectivity index is 1.66. The van der Waals surface area contributed by atoms with E-state index in [1.165, 1.54) is 0 Å². The maximum Gasteiger partial charge on any atom is 0.150 e. The summed E-state index contributed by atoms with van der Waals surface area (Å²) < 4.78 is 1.93. The zero-order valence-electron chi connectivity index (χ0n) is 17.2. The van der Waals surface area contributed by atoms with E-state index in [0.717, 1.165) is 44.8 Å². The Bertz CT molecular complexity index is 1380. The van der Waals surface area contributed by atoms with E-state index >= 15 is 0 Å². The van der Waals surface area contributed by atoms with Crippen LogP contribution in [0.3, 0.4) is 0 Å². The summed E-state index contributed by atoms with van der Waals surface area (Å²) >= 11 is 0. The van der Waals surface area contributed by atoms with E-state index in [4.69, 9.17) is 15.7 Å². The number of benzene rings is 2. The highest BCUT2D eigenvalue weighted by Gasteiger charge is 2.18. The third kappa shape index (κ3) is 3.51. The fraction of sp³-hybridized carbons (Fsp3) is 0.160. The summed E-state index contributed by atoms with van der Waals surface area (Å²) in [7, 11) is 0. The van der Waals surface area contributed by atoms with Gasteiger partial charge in [-0.2, -0.15) is 0 Å². The van der Waals surface area contributed by atoms with Gasteiger partial charge in [0, 0.05) is 35.3 Å². The molecule has 0 fully saturated rings. The van der Waals surface area contributed by atoms with E-state index in [-0.39, 0.29) is 0 Å². The molecule has 31 heavy (non-hydrogen) atoms. The van der Waals surface area contributed by atoms with E-state index < -0.39 is 6.10 Å². The predicted octanol–water partition coefficient (Wildman–Crippen LogP) is 4.51. The molecule has 154 valence electrons. The minimum Gasteiger partial charge on any atom is -0.393 e. The quantitative estimate of drug-likeness (QED) is 0.446. The SMILES string of the molecule is CC[C@H](O)Cc1nc(-c2ccc3ccc(-c4ccccc4)nc3c2)c2c(N)nccn12. The molecule has 6 heteroatoms. The fourth-order valence-corrected chi connectivity index (χ4v) is 3.86. The van der Waals surface area contributed by atoms with Gasteiger partial charge >= 0.3 is 0 Å². The minimum atomic E-state index is -0.459. The number of anilines is 1. The van der Waals surface area contributed by atoms with Crippen LogP contribution in [0.15, 0.2) is 73.1 Å². The van der Waals surface area contributed by atoms with Crippen LogP contribution in [0.25, 0.3) is 38.9 Å². The summed E-state index contributed by atoms with van der Waals surface area (Å²) in [6.45, 7) is 1.95. The van der Waals surface area contributed by atoms with Crippen LogP contribution >= 0.6 is 0 Å². The first-order chi connectivity index (χ1) is 15.1. The Morgan fingerprint density at radius 3 is 2.61 bits per heavy atom. The predicted molar refractivity (Wildman–Crippen MR) is 124 cm³/mol. The van der Waals surface area contributed by atoms with Gasteiger partial charge in [-0.3, -0.25) is 4.40 Å². The van der Waals surface area contributed by atoms with Gasteiger partial charge in [0.25, 0.3) is 0 Å². The first-order valence-corrected chi connectivity index (χ1v) is 10.4. The summed E-state index contributed by atoms with van der Waals surface area (Å²) in [5.41, 5.74) is 11.5. The number of imidazole rings is 1. The molecule has 5 aromatic rings. The first-order valence-electron chi connectivity index (χ1n) is 10.4. The van der Waals surface area contributed by atoms with Crippen molar-refractivity contribution in [3.05, 3.63) is 78.9 Å². The second kappa shape index (κ2) is 7.81. The van der Waals surface area contributed by atoms with E-state index in [9.17, 15) is 5.11 Å². The van der Waals surface area contributed by atoms with Crippen molar-refractivity contribution in [3.63, 3.8) is 0 Å². The molecular weight excluding hydrogens is 386 g/mol. The van der Waals surface area contributed by atoms with Gasteiger partial charge in [-0.1, -0.05) is 55.5 Å². The molecule has 0 aliphatic carbocycles. The molecule has 0 amide bonds. The van der Waals surface area contributed by atoms with Gasteiger partial charge in [0.05, 0.1) is 17.3 Å². The molecule has 0 spiro atoms. The van der Waals surface area contributed by atoms with Crippen molar-refractivity contribution in [1.29, 1.82) is 0 Å². The minimum absolute atomic E-state index is 0.410. The van der Waals surface area contributed by atoms with Gasteiger partial charge in [-0.05, 0) is 18.6 Å². The molecule has 3 heterocycles. The van der Waals surface area contributed by atoms with Gasteiger partial charge < -0.3 is 10.8 Å². The number of aliphatic hydroxyl groups excluding tert-OH is 1. The lowest BCUT2D eigenvalue weighted by Gasteiger charge is -2.06. The maximum atomic E-state index is 10.2. The Morgan fingerprint density at radius 2 is 1.81 bits per heavy atom. The topological polar surface area (TPSA) is 89.3 Å². The molecule has 2 aromatic carbocycles. The first kappa shape index (κ1) is 19.2. The fourth-order valence-electron chi connectivity index (χ4n) is 3.86. The van der Waals surface area contributed by atoms with Crippen molar-refractivity contribution >= 4 is 22.2 Å². The van der Waals surface area contributed by atoms with Crippen molar-refractivity contribution in [1.82, 2.24) is 19.4 Å². The largest absolute Gasteiger partial charge is 0.393 e. The number of nitrogen functional groups attached to an aromatic ring is 1. The molecule has 0 saturated carbocycles. The molecular formula is C25H23N5O. The van der Waals surface area contributed by atoms with Crippen molar-refractivity contribution in [2.24, 2.45) is 0 Å². The molecule has 1 atom stereocenters. The number of hydrogen-bond donors (Lipinski definition) is 2. The standard InChI is InChI=1S/C25H23N5O/c1-2-19(31)15-22-29-23(24-25(26)27-12-13-30(22)24)18-9-8-17-10-11-20(28-21(17)14-18)16-6-4-3-5-7-16/h3-14,19,31H,2,15H2,1H3,(H2,26,27)/t19-/m0/s1. The molecule has 6 nitrogen and oxygen atoms in total. The maximum absolute atomic E-state index is 10.2. The Hall–Kier alpha value is -3.77. The molecule has 0 unspecified atom stereocenters. The van der Waals surface area contributed by atoms with E-state index in [1.54, 1.807) is 6.20 Å². The number of nitrogens with zero attached hydrogens (tertiary/aromatic N) is 4. The second-order valence-corrected chi connectivity index (χ2v) is 7.64. The number of hydrogen-bond acceptors (Lipinski definition) is 5. The Labute approximate surface area is 180 Å². The Morgan fingerprint density at radius 1 is 1.00 bits per heavy atom. The number of fused-ring (bicyclic) bond motifs is 2. The number of pyridine rings is 1. The monoisotopic (exact) mass is 409 g/mol. The zero-order valence-corrected chi connectivity index (χ0v) is 17.2. The molecule has 3 aromatic heterocycles. The lowest BCUT2D eigenvalue weighted by molar-refractivity contribution is 0.168. The molecule has 3 N–H and O–H groups in total. The Kier molecular flexibility index (Phi) is 4.84. The van der Waals surface area contributed by atoms with Gasteiger partial charge in [-0.15, -0.1) is 0 Å². The van der Waals surface area contributed by atoms with Gasteiger partial charge in [0.1, 0.15) is 22.9 Å². The molecule has 0 saturated heterocycles. The van der Waals surface area contributed by atoms with Crippen molar-refractivity contribution in [2.75, 3.05) is 5.73 Å². The van der Waals surface area contributed by atoms with Crippen LogP contribution in [-0.2, 0) is 6.42 Å². The summed E-state index contributed by atoms with van der Waals surface area (Å²) in [5.74, 6) is 1.17. The lowest BCUT2D eigenvalue weighted by atomic mass is 10.1. The average Bonchev–Trinajstić information content (AvgIpc) is 3.18. The third-order valence-corrected chi connectivity index (χ3v) is 5.58. The average molecular weight is 409 g/mol. The van der Waals surface area contributed by atoms with Crippen molar-refractivity contribution in [2.45, 2.75) is 25.9 Å². The van der Waals surface area contributed by atoms with Crippen LogP contribution in [-0.4, -0.2) is 30.6 Å². The summed E-state index contributed by atoms with van der Waals surface area (Å²) in [6, 6.07) is 20.4. The van der Waals surface area contributed by atoms with Gasteiger partial charge in [0.15, 0.2) is 0 Å². The highest BCUT2D eigenvalue weighted by molar-refractivity contribution is 5.91. The molecule has 0 aliphatic heterocycles. The van der Waals surface area contributed by atoms with Crippen LogP contribution in [0.4, 0.5) is 5.82 Å². The smallest absolute Gasteiger partial charge is 0.150 e. The molecule has 5 rings (SSSR count).